The van der Waals surface area contributed by atoms with Crippen LogP contribution >= 0.6 is 0 Å². The summed E-state index contributed by atoms with van der Waals surface area (Å²) in [5.74, 6) is 0. The molecule has 30 heavy (non-hydrogen) atoms. The van der Waals surface area contributed by atoms with Crippen LogP contribution in [0.2, 0.25) is 13.1 Å². The molecule has 0 unspecified atom stereocenters. The fourth-order valence-electron chi connectivity index (χ4n) is 6.78. The van der Waals surface area contributed by atoms with Gasteiger partial charge in [-0.3, -0.25) is 0 Å². The summed E-state index contributed by atoms with van der Waals surface area (Å²) in [6.45, 7) is 5.14. The molecule has 0 aromatic heterocycles. The molecule has 0 radical (unpaired) electrons. The third-order valence-electron chi connectivity index (χ3n) is 8.03. The van der Waals surface area contributed by atoms with E-state index in [1.54, 1.807) is 49.0 Å². The Labute approximate surface area is 179 Å². The molecule has 3 aromatic carbocycles. The van der Waals surface area contributed by atoms with Crippen molar-refractivity contribution in [2.75, 3.05) is 0 Å². The van der Waals surface area contributed by atoms with E-state index in [-0.39, 0.29) is 0 Å². The maximum absolute atomic E-state index is 2.57. The Hall–Kier alpha value is -2.64. The van der Waals surface area contributed by atoms with Gasteiger partial charge in [-0.15, -0.1) is 0 Å². The minimum absolute atomic E-state index is 1.12. The van der Waals surface area contributed by atoms with Gasteiger partial charge in [0, 0.05) is 0 Å². The van der Waals surface area contributed by atoms with Crippen LogP contribution in [-0.4, -0.2) is 8.07 Å². The molecule has 1 heteroatoms. The van der Waals surface area contributed by atoms with Gasteiger partial charge in [0.15, 0.2) is 0 Å². The average molecular weight is 403 g/mol. The zero-order valence-electron chi connectivity index (χ0n) is 17.8. The molecule has 0 saturated heterocycles. The lowest BCUT2D eigenvalue weighted by molar-refractivity contribution is 0.993. The van der Waals surface area contributed by atoms with E-state index in [1.165, 1.54) is 42.4 Å². The van der Waals surface area contributed by atoms with Crippen molar-refractivity contribution in [2.24, 2.45) is 0 Å². The van der Waals surface area contributed by atoms with E-state index in [0.717, 1.165) is 6.42 Å². The molecule has 146 valence electrons. The van der Waals surface area contributed by atoms with Crippen LogP contribution in [0.3, 0.4) is 0 Å². The predicted molar refractivity (Wildman–Crippen MR) is 132 cm³/mol. The smallest absolute Gasteiger partial charge is 0.0839 e. The summed E-state index contributed by atoms with van der Waals surface area (Å²) in [6, 6.07) is 14.2. The Morgan fingerprint density at radius 2 is 1.63 bits per heavy atom. The lowest BCUT2D eigenvalue weighted by Gasteiger charge is -2.26. The first-order valence-corrected chi connectivity index (χ1v) is 14.5. The van der Waals surface area contributed by atoms with Gasteiger partial charge < -0.3 is 0 Å². The highest BCUT2D eigenvalue weighted by molar-refractivity contribution is 7.05. The molecule has 0 saturated carbocycles. The van der Waals surface area contributed by atoms with Crippen molar-refractivity contribution in [1.82, 2.24) is 0 Å². The van der Waals surface area contributed by atoms with E-state index in [1.807, 2.05) is 0 Å². The Kier molecular flexibility index (Phi) is 3.27. The summed E-state index contributed by atoms with van der Waals surface area (Å²) >= 11 is 0. The molecule has 0 amide bonds. The van der Waals surface area contributed by atoms with Gasteiger partial charge in [0.1, 0.15) is 8.07 Å². The number of fused-ring (bicyclic) bond motifs is 11. The summed E-state index contributed by atoms with van der Waals surface area (Å²) in [5, 5.41) is 6.46. The molecule has 0 nitrogen and oxygen atoms in total. The fourth-order valence-corrected chi connectivity index (χ4v) is 10.2. The van der Waals surface area contributed by atoms with Crippen molar-refractivity contribution in [3.05, 3.63) is 82.5 Å². The van der Waals surface area contributed by atoms with Crippen LogP contribution in [0, 0.1) is 0 Å². The molecule has 0 atom stereocenters. The molecule has 0 fully saturated rings. The maximum atomic E-state index is 2.57. The number of rotatable bonds is 0. The Balaban J connectivity index is 1.65. The number of allylic oxidation sites excluding steroid dienone is 5. The predicted octanol–water partition coefficient (Wildman–Crippen LogP) is 6.26. The van der Waals surface area contributed by atoms with Gasteiger partial charge in [0.05, 0.1) is 0 Å². The second kappa shape index (κ2) is 5.74. The highest BCUT2D eigenvalue weighted by Gasteiger charge is 2.41. The van der Waals surface area contributed by atoms with Gasteiger partial charge in [-0.2, -0.15) is 0 Å². The standard InChI is InChI=1S/C29H26Si/c1-30(2)26-14-8-7-13-23(26)28-22-12-6-5-11-21(22)27-24(29(28)30)16-15-20-19-10-4-3-9-18(19)17-25(20)27/h3,5,7-9,11,13-16H,4,6,10,12,17H2,1-2H3. The summed E-state index contributed by atoms with van der Waals surface area (Å²) < 4.78 is 0. The molecule has 3 aromatic rings. The van der Waals surface area contributed by atoms with Crippen LogP contribution in [0.15, 0.2) is 60.2 Å². The SMILES string of the molecule is C[Si]1(C)c2ccccc2-c2c3c(c4c5c(ccc4c21)C1=C(C=CCC1)C5)C=CCC3. The Bertz CT molecular complexity index is 1380. The maximum Gasteiger partial charge on any atom is 0.114 e. The van der Waals surface area contributed by atoms with Crippen molar-refractivity contribution < 1.29 is 0 Å². The zero-order chi connectivity index (χ0) is 20.0. The molecule has 1 aliphatic heterocycles. The van der Waals surface area contributed by atoms with E-state index >= 15 is 0 Å². The summed E-state index contributed by atoms with van der Waals surface area (Å²) in [5.41, 5.74) is 12.6. The van der Waals surface area contributed by atoms with E-state index in [4.69, 9.17) is 0 Å². The molecule has 0 spiro atoms. The van der Waals surface area contributed by atoms with Crippen LogP contribution in [0.4, 0.5) is 0 Å². The van der Waals surface area contributed by atoms with Gasteiger partial charge in [-0.25, -0.2) is 0 Å². The first-order valence-electron chi connectivity index (χ1n) is 11.5. The highest BCUT2D eigenvalue weighted by Crippen LogP contribution is 2.46. The third-order valence-corrected chi connectivity index (χ3v) is 11.6. The molecular weight excluding hydrogens is 376 g/mol. The lowest BCUT2D eigenvalue weighted by atomic mass is 9.83. The van der Waals surface area contributed by atoms with Gasteiger partial charge in [-0.1, -0.05) is 73.8 Å². The van der Waals surface area contributed by atoms with E-state index < -0.39 is 8.07 Å². The number of hydrogen-bond acceptors (Lipinski definition) is 0. The summed E-state index contributed by atoms with van der Waals surface area (Å²) in [4.78, 5) is 0. The van der Waals surface area contributed by atoms with Gasteiger partial charge in [0.25, 0.3) is 0 Å². The quantitative estimate of drug-likeness (QED) is 0.389. The summed E-state index contributed by atoms with van der Waals surface area (Å²) in [6.07, 6.45) is 15.5. The molecule has 7 rings (SSSR count). The minimum Gasteiger partial charge on any atom is -0.0839 e. The van der Waals surface area contributed by atoms with Crippen molar-refractivity contribution in [3.63, 3.8) is 0 Å². The average Bonchev–Trinajstić information content (AvgIpc) is 3.27. The number of benzene rings is 3. The largest absolute Gasteiger partial charge is 0.114 e. The van der Waals surface area contributed by atoms with E-state index in [0.29, 0.717) is 0 Å². The van der Waals surface area contributed by atoms with Crippen molar-refractivity contribution >= 4 is 40.9 Å². The van der Waals surface area contributed by atoms with Crippen molar-refractivity contribution in [1.29, 1.82) is 0 Å². The molecule has 4 aliphatic rings. The van der Waals surface area contributed by atoms with Gasteiger partial charge in [-0.05, 0) is 97.8 Å². The second-order valence-electron chi connectivity index (χ2n) is 9.89. The monoisotopic (exact) mass is 402 g/mol. The van der Waals surface area contributed by atoms with Crippen LogP contribution in [0.25, 0.3) is 33.5 Å². The topological polar surface area (TPSA) is 0 Å². The van der Waals surface area contributed by atoms with Gasteiger partial charge >= 0.3 is 0 Å². The van der Waals surface area contributed by atoms with Crippen LogP contribution in [0.5, 0.6) is 0 Å². The molecule has 1 heterocycles. The van der Waals surface area contributed by atoms with E-state index in [9.17, 15) is 0 Å². The fraction of sp³-hybridized carbons (Fsp3) is 0.241. The Morgan fingerprint density at radius 1 is 0.800 bits per heavy atom. The Morgan fingerprint density at radius 3 is 2.57 bits per heavy atom. The second-order valence-corrected chi connectivity index (χ2v) is 14.2. The highest BCUT2D eigenvalue weighted by atomic mass is 28.3. The van der Waals surface area contributed by atoms with Crippen molar-refractivity contribution in [2.45, 2.75) is 45.2 Å². The zero-order valence-corrected chi connectivity index (χ0v) is 18.8. The van der Waals surface area contributed by atoms with Crippen LogP contribution in [0.1, 0.15) is 41.5 Å². The van der Waals surface area contributed by atoms with Crippen molar-refractivity contribution in [3.8, 4) is 11.1 Å². The minimum atomic E-state index is -1.73. The van der Waals surface area contributed by atoms with Crippen LogP contribution in [-0.2, 0) is 12.8 Å². The normalized spacial score (nSPS) is 19.5. The molecular formula is C29H26Si. The third kappa shape index (κ3) is 1.97. The first kappa shape index (κ1) is 17.1. The molecule has 3 aliphatic carbocycles. The molecule has 0 N–H and O–H groups in total. The lowest BCUT2D eigenvalue weighted by Crippen LogP contribution is -2.49. The first-order chi connectivity index (χ1) is 14.7. The molecule has 0 bridgehead atoms. The number of hydrogen-bond donors (Lipinski definition) is 0. The van der Waals surface area contributed by atoms with E-state index in [2.05, 4.69) is 73.8 Å². The van der Waals surface area contributed by atoms with Gasteiger partial charge in [0.2, 0.25) is 0 Å². The van der Waals surface area contributed by atoms with Crippen LogP contribution < -0.4 is 10.4 Å². The summed E-state index contributed by atoms with van der Waals surface area (Å²) in [7, 11) is -1.73.